The lowest BCUT2D eigenvalue weighted by Gasteiger charge is -2.37. The standard InChI is InChI=1S/C16H25FN2O3S/c1-12-4-5-16(15(17)6-12)23(21,22)19-9-13(8-18(2)3)7-14(10-19)11-20/h4-6,13-14,20H,7-11H2,1-3H3/t13-,14-/m1/s1. The molecule has 23 heavy (non-hydrogen) atoms. The molecule has 2 atom stereocenters. The molecule has 1 aliphatic rings. The first-order chi connectivity index (χ1) is 10.7. The van der Waals surface area contributed by atoms with Gasteiger partial charge < -0.3 is 10.0 Å². The van der Waals surface area contributed by atoms with Crippen LogP contribution in [0.4, 0.5) is 4.39 Å². The van der Waals surface area contributed by atoms with Crippen LogP contribution < -0.4 is 0 Å². The lowest BCUT2D eigenvalue weighted by atomic mass is 9.91. The number of aryl methyl sites for hydroxylation is 1. The van der Waals surface area contributed by atoms with Crippen LogP contribution in [0, 0.1) is 24.6 Å². The summed E-state index contributed by atoms with van der Waals surface area (Å²) < 4.78 is 41.0. The van der Waals surface area contributed by atoms with Crippen LogP contribution in [0.15, 0.2) is 23.1 Å². The van der Waals surface area contributed by atoms with Gasteiger partial charge >= 0.3 is 0 Å². The summed E-state index contributed by atoms with van der Waals surface area (Å²) in [6.07, 6.45) is 0.775. The van der Waals surface area contributed by atoms with E-state index in [9.17, 15) is 17.9 Å². The first-order valence-electron chi connectivity index (χ1n) is 7.76. The molecule has 0 radical (unpaired) electrons. The van der Waals surface area contributed by atoms with Crippen LogP contribution in [0.25, 0.3) is 0 Å². The number of hydrogen-bond donors (Lipinski definition) is 1. The topological polar surface area (TPSA) is 60.9 Å². The molecule has 0 amide bonds. The highest BCUT2D eigenvalue weighted by Gasteiger charge is 2.35. The minimum Gasteiger partial charge on any atom is -0.396 e. The molecule has 1 aromatic carbocycles. The van der Waals surface area contributed by atoms with Crippen LogP contribution in [0.2, 0.25) is 0 Å². The number of benzene rings is 1. The molecule has 130 valence electrons. The molecule has 1 aromatic rings. The van der Waals surface area contributed by atoms with Gasteiger partial charge in [-0.1, -0.05) is 6.07 Å². The van der Waals surface area contributed by atoms with Crippen LogP contribution in [0.3, 0.4) is 0 Å². The van der Waals surface area contributed by atoms with Crippen molar-refractivity contribution in [2.75, 3.05) is 40.3 Å². The van der Waals surface area contributed by atoms with E-state index in [1.165, 1.54) is 16.4 Å². The third-order valence-corrected chi connectivity index (χ3v) is 6.04. The second-order valence-electron chi connectivity index (χ2n) is 6.67. The van der Waals surface area contributed by atoms with E-state index < -0.39 is 15.8 Å². The highest BCUT2D eigenvalue weighted by atomic mass is 32.2. The smallest absolute Gasteiger partial charge is 0.246 e. The summed E-state index contributed by atoms with van der Waals surface area (Å²) in [6, 6.07) is 4.15. The van der Waals surface area contributed by atoms with E-state index in [1.807, 2.05) is 19.0 Å². The number of sulfonamides is 1. The first kappa shape index (κ1) is 18.3. The summed E-state index contributed by atoms with van der Waals surface area (Å²) in [5.41, 5.74) is 0.679. The maximum atomic E-state index is 14.1. The molecule has 5 nitrogen and oxygen atoms in total. The first-order valence-corrected chi connectivity index (χ1v) is 9.20. The minimum atomic E-state index is -3.89. The summed E-state index contributed by atoms with van der Waals surface area (Å²) in [6.45, 7) is 2.97. The van der Waals surface area contributed by atoms with Gasteiger partial charge in [-0.15, -0.1) is 0 Å². The monoisotopic (exact) mass is 344 g/mol. The van der Waals surface area contributed by atoms with Crippen LogP contribution in [0.5, 0.6) is 0 Å². The normalized spacial score (nSPS) is 23.4. The van der Waals surface area contributed by atoms with Crippen LogP contribution >= 0.6 is 0 Å². The Morgan fingerprint density at radius 1 is 1.30 bits per heavy atom. The molecule has 0 unspecified atom stereocenters. The van der Waals surface area contributed by atoms with Crippen molar-refractivity contribution in [2.45, 2.75) is 18.2 Å². The van der Waals surface area contributed by atoms with Crippen molar-refractivity contribution in [3.05, 3.63) is 29.6 Å². The van der Waals surface area contributed by atoms with Crippen molar-refractivity contribution < 1.29 is 17.9 Å². The van der Waals surface area contributed by atoms with Crippen LogP contribution in [-0.4, -0.2) is 63.1 Å². The molecular weight excluding hydrogens is 319 g/mol. The number of aliphatic hydroxyl groups is 1. The molecule has 1 aliphatic heterocycles. The van der Waals surface area contributed by atoms with Gasteiger partial charge in [0.05, 0.1) is 0 Å². The molecule has 0 saturated carbocycles. The van der Waals surface area contributed by atoms with Gasteiger partial charge in [0.15, 0.2) is 0 Å². The van der Waals surface area contributed by atoms with Crippen molar-refractivity contribution in [2.24, 2.45) is 11.8 Å². The molecule has 1 saturated heterocycles. The number of halogens is 1. The number of piperidine rings is 1. The van der Waals surface area contributed by atoms with Gasteiger partial charge in [-0.05, 0) is 57.0 Å². The van der Waals surface area contributed by atoms with Gasteiger partial charge in [-0.3, -0.25) is 0 Å². The maximum Gasteiger partial charge on any atom is 0.246 e. The SMILES string of the molecule is Cc1ccc(S(=O)(=O)N2C[C@H](CO)C[C@H](CN(C)C)C2)c(F)c1. The Balaban J connectivity index is 2.29. The van der Waals surface area contributed by atoms with Crippen molar-refractivity contribution in [1.29, 1.82) is 0 Å². The predicted molar refractivity (Wildman–Crippen MR) is 87.1 cm³/mol. The number of nitrogens with zero attached hydrogens (tertiary/aromatic N) is 2. The fourth-order valence-corrected chi connectivity index (χ4v) is 4.84. The lowest BCUT2D eigenvalue weighted by Crippen LogP contribution is -2.47. The predicted octanol–water partition coefficient (Wildman–Crippen LogP) is 1.31. The van der Waals surface area contributed by atoms with E-state index in [1.54, 1.807) is 13.0 Å². The Labute approximate surface area is 137 Å². The summed E-state index contributed by atoms with van der Waals surface area (Å²) in [5.74, 6) is -0.712. The molecule has 1 fully saturated rings. The van der Waals surface area contributed by atoms with E-state index >= 15 is 0 Å². The average Bonchev–Trinajstić information content (AvgIpc) is 2.45. The summed E-state index contributed by atoms with van der Waals surface area (Å²) in [5, 5.41) is 9.48. The van der Waals surface area contributed by atoms with Crippen LogP contribution in [0.1, 0.15) is 12.0 Å². The quantitative estimate of drug-likeness (QED) is 0.875. The van der Waals surface area contributed by atoms with E-state index in [0.717, 1.165) is 13.0 Å². The second kappa shape index (κ2) is 7.25. The van der Waals surface area contributed by atoms with Gasteiger partial charge in [0.2, 0.25) is 10.0 Å². The van der Waals surface area contributed by atoms with Gasteiger partial charge in [-0.2, -0.15) is 4.31 Å². The molecule has 7 heteroatoms. The van der Waals surface area contributed by atoms with Crippen LogP contribution in [-0.2, 0) is 10.0 Å². The minimum absolute atomic E-state index is 0.0632. The van der Waals surface area contributed by atoms with Crippen molar-refractivity contribution in [3.63, 3.8) is 0 Å². The third kappa shape index (κ3) is 4.29. The zero-order valence-corrected chi connectivity index (χ0v) is 14.7. The van der Waals surface area contributed by atoms with Crippen molar-refractivity contribution in [1.82, 2.24) is 9.21 Å². The zero-order valence-electron chi connectivity index (χ0n) is 13.9. The lowest BCUT2D eigenvalue weighted by molar-refractivity contribution is 0.117. The Morgan fingerprint density at radius 2 is 1.96 bits per heavy atom. The van der Waals surface area contributed by atoms with Crippen molar-refractivity contribution >= 4 is 10.0 Å². The average molecular weight is 344 g/mol. The van der Waals surface area contributed by atoms with Crippen molar-refractivity contribution in [3.8, 4) is 0 Å². The highest BCUT2D eigenvalue weighted by molar-refractivity contribution is 7.89. The zero-order chi connectivity index (χ0) is 17.2. The molecule has 0 aliphatic carbocycles. The van der Waals surface area contributed by atoms with E-state index in [0.29, 0.717) is 12.1 Å². The van der Waals surface area contributed by atoms with Gasteiger partial charge in [-0.25, -0.2) is 12.8 Å². The Morgan fingerprint density at radius 3 is 2.52 bits per heavy atom. The molecular formula is C16H25FN2O3S. The summed E-state index contributed by atoms with van der Waals surface area (Å²) in [4.78, 5) is 1.71. The maximum absolute atomic E-state index is 14.1. The molecule has 0 spiro atoms. The summed E-state index contributed by atoms with van der Waals surface area (Å²) in [7, 11) is -0.0293. The number of hydrogen-bond acceptors (Lipinski definition) is 4. The molecule has 1 N–H and O–H groups in total. The largest absolute Gasteiger partial charge is 0.396 e. The molecule has 0 aromatic heterocycles. The fraction of sp³-hybridized carbons (Fsp3) is 0.625. The van der Waals surface area contributed by atoms with E-state index in [2.05, 4.69) is 0 Å². The summed E-state index contributed by atoms with van der Waals surface area (Å²) >= 11 is 0. The molecule has 0 bridgehead atoms. The van der Waals surface area contributed by atoms with Gasteiger partial charge in [0, 0.05) is 26.2 Å². The third-order valence-electron chi connectivity index (χ3n) is 4.18. The van der Waals surface area contributed by atoms with Gasteiger partial charge in [0.25, 0.3) is 0 Å². The molecule has 1 heterocycles. The van der Waals surface area contributed by atoms with E-state index in [-0.39, 0.29) is 29.9 Å². The Hall–Kier alpha value is -1.02. The highest BCUT2D eigenvalue weighted by Crippen LogP contribution is 2.28. The number of aliphatic hydroxyl groups excluding tert-OH is 1. The second-order valence-corrected chi connectivity index (χ2v) is 8.57. The van der Waals surface area contributed by atoms with Gasteiger partial charge in [0.1, 0.15) is 10.7 Å². The van der Waals surface area contributed by atoms with E-state index in [4.69, 9.17) is 0 Å². The fourth-order valence-electron chi connectivity index (χ4n) is 3.20. The Kier molecular flexibility index (Phi) is 5.78. The Bertz CT molecular complexity index is 649. The molecule has 2 rings (SSSR count). The number of rotatable bonds is 5.